The number of nitrogens with zero attached hydrogens (tertiary/aromatic N) is 2. The van der Waals surface area contributed by atoms with Crippen LogP contribution in [0.5, 0.6) is 0 Å². The molecule has 1 fully saturated rings. The lowest BCUT2D eigenvalue weighted by Crippen LogP contribution is -2.45. The molecule has 0 aliphatic carbocycles. The summed E-state index contributed by atoms with van der Waals surface area (Å²) >= 11 is 0. The molecule has 1 saturated heterocycles. The fourth-order valence-corrected chi connectivity index (χ4v) is 3.40. The number of hydrogen-bond acceptors (Lipinski definition) is 3. The Bertz CT molecular complexity index is 474. The van der Waals surface area contributed by atoms with Gasteiger partial charge in [0.1, 0.15) is 0 Å². The summed E-state index contributed by atoms with van der Waals surface area (Å²) in [5.41, 5.74) is 1.24. The smallest absolute Gasteiger partial charge is 0.270 e. The Morgan fingerprint density at radius 1 is 1.12 bits per heavy atom. The van der Waals surface area contributed by atoms with Crippen LogP contribution in [0.4, 0.5) is 8.78 Å². The van der Waals surface area contributed by atoms with Crippen molar-refractivity contribution in [2.45, 2.75) is 39.2 Å². The molecule has 5 heteroatoms. The predicted octanol–water partition coefficient (Wildman–Crippen LogP) is 3.48. The Morgan fingerprint density at radius 2 is 1.71 bits per heavy atom. The molecule has 0 radical (unpaired) electrons. The van der Waals surface area contributed by atoms with E-state index in [1.807, 2.05) is 12.1 Å². The van der Waals surface area contributed by atoms with Crippen molar-refractivity contribution in [2.24, 2.45) is 0 Å². The van der Waals surface area contributed by atoms with Crippen molar-refractivity contribution in [1.29, 1.82) is 0 Å². The fourth-order valence-electron chi connectivity index (χ4n) is 3.40. The molecule has 1 aromatic rings. The van der Waals surface area contributed by atoms with Crippen LogP contribution in [0.1, 0.15) is 44.4 Å². The largest absolute Gasteiger partial charge is 0.314 e. The minimum absolute atomic E-state index is 0.0917. The first kappa shape index (κ1) is 19.3. The number of halogens is 2. The van der Waals surface area contributed by atoms with E-state index in [1.54, 1.807) is 12.1 Å². The molecule has 0 aromatic heterocycles. The summed E-state index contributed by atoms with van der Waals surface area (Å²) in [7, 11) is 0. The summed E-state index contributed by atoms with van der Waals surface area (Å²) in [5, 5.41) is 3.39. The molecule has 0 saturated carbocycles. The average molecular weight is 339 g/mol. The number of piperazine rings is 1. The molecule has 136 valence electrons. The van der Waals surface area contributed by atoms with Crippen LogP contribution in [0.3, 0.4) is 0 Å². The van der Waals surface area contributed by atoms with Crippen LogP contribution in [-0.4, -0.2) is 55.6 Å². The first-order chi connectivity index (χ1) is 11.5. The number of rotatable bonds is 8. The van der Waals surface area contributed by atoms with Gasteiger partial charge in [0.25, 0.3) is 5.92 Å². The highest BCUT2D eigenvalue weighted by Crippen LogP contribution is 2.30. The zero-order valence-electron chi connectivity index (χ0n) is 15.2. The van der Waals surface area contributed by atoms with E-state index in [2.05, 4.69) is 29.0 Å². The monoisotopic (exact) mass is 339 g/mol. The zero-order chi connectivity index (χ0) is 17.6. The number of alkyl halides is 2. The molecule has 1 aliphatic rings. The molecule has 1 aliphatic heterocycles. The van der Waals surface area contributed by atoms with Gasteiger partial charge in [-0.3, -0.25) is 4.90 Å². The molecule has 1 unspecified atom stereocenters. The van der Waals surface area contributed by atoms with Crippen LogP contribution in [-0.2, 0) is 5.92 Å². The van der Waals surface area contributed by atoms with Gasteiger partial charge in [-0.15, -0.1) is 0 Å². The maximum absolute atomic E-state index is 13.5. The van der Waals surface area contributed by atoms with E-state index in [0.29, 0.717) is 6.04 Å². The highest BCUT2D eigenvalue weighted by atomic mass is 19.3. The molecule has 3 nitrogen and oxygen atoms in total. The minimum atomic E-state index is -2.77. The highest BCUT2D eigenvalue weighted by Gasteiger charge is 2.26. The third-order valence-corrected chi connectivity index (χ3v) is 5.01. The van der Waals surface area contributed by atoms with Gasteiger partial charge in [0.15, 0.2) is 0 Å². The number of nitrogens with one attached hydrogen (secondary N) is 1. The summed E-state index contributed by atoms with van der Waals surface area (Å²) in [6.45, 7) is 12.5. The van der Waals surface area contributed by atoms with Crippen molar-refractivity contribution in [3.8, 4) is 0 Å². The molecule has 1 aromatic carbocycles. The molecule has 1 heterocycles. The first-order valence-corrected chi connectivity index (χ1v) is 9.11. The van der Waals surface area contributed by atoms with E-state index in [-0.39, 0.29) is 5.56 Å². The minimum Gasteiger partial charge on any atom is -0.314 e. The van der Waals surface area contributed by atoms with Crippen LogP contribution in [0.2, 0.25) is 0 Å². The van der Waals surface area contributed by atoms with E-state index in [1.165, 1.54) is 0 Å². The normalized spacial score (nSPS) is 18.1. The van der Waals surface area contributed by atoms with Gasteiger partial charge < -0.3 is 10.2 Å². The van der Waals surface area contributed by atoms with Crippen LogP contribution in [0.15, 0.2) is 24.3 Å². The quantitative estimate of drug-likeness (QED) is 0.782. The Hall–Kier alpha value is -1.04. The van der Waals surface area contributed by atoms with Crippen LogP contribution in [0, 0.1) is 0 Å². The van der Waals surface area contributed by atoms with E-state index < -0.39 is 5.92 Å². The van der Waals surface area contributed by atoms with Gasteiger partial charge in [0.2, 0.25) is 0 Å². The SMILES string of the molecule is CCN(CC)CCC(c1ccc(C(C)(F)F)cc1)N1CCNCC1. The maximum atomic E-state index is 13.5. The lowest BCUT2D eigenvalue weighted by Gasteiger charge is -2.36. The number of hydrogen-bond donors (Lipinski definition) is 1. The third-order valence-electron chi connectivity index (χ3n) is 5.01. The molecular weight excluding hydrogens is 308 g/mol. The Morgan fingerprint density at radius 3 is 2.21 bits per heavy atom. The van der Waals surface area contributed by atoms with E-state index in [0.717, 1.165) is 64.7 Å². The van der Waals surface area contributed by atoms with Gasteiger partial charge in [-0.2, -0.15) is 0 Å². The van der Waals surface area contributed by atoms with Gasteiger partial charge >= 0.3 is 0 Å². The predicted molar refractivity (Wildman–Crippen MR) is 95.6 cm³/mol. The molecule has 0 bridgehead atoms. The Kier molecular flexibility index (Phi) is 7.14. The molecular formula is C19H31F2N3. The zero-order valence-corrected chi connectivity index (χ0v) is 15.2. The summed E-state index contributed by atoms with van der Waals surface area (Å²) in [6, 6.07) is 7.25. The second-order valence-electron chi connectivity index (χ2n) is 6.63. The van der Waals surface area contributed by atoms with Crippen molar-refractivity contribution < 1.29 is 8.78 Å². The summed E-state index contributed by atoms with van der Waals surface area (Å²) in [6.07, 6.45) is 1.03. The Labute approximate surface area is 145 Å². The molecule has 1 atom stereocenters. The van der Waals surface area contributed by atoms with Crippen molar-refractivity contribution in [2.75, 3.05) is 45.8 Å². The second-order valence-corrected chi connectivity index (χ2v) is 6.63. The fraction of sp³-hybridized carbons (Fsp3) is 0.684. The molecule has 24 heavy (non-hydrogen) atoms. The van der Waals surface area contributed by atoms with Crippen molar-refractivity contribution in [3.05, 3.63) is 35.4 Å². The lowest BCUT2D eigenvalue weighted by molar-refractivity contribution is 0.0174. The van der Waals surface area contributed by atoms with E-state index in [9.17, 15) is 8.78 Å². The molecule has 0 spiro atoms. The molecule has 1 N–H and O–H groups in total. The van der Waals surface area contributed by atoms with Gasteiger partial charge in [-0.05, 0) is 31.6 Å². The van der Waals surface area contributed by atoms with E-state index in [4.69, 9.17) is 0 Å². The third kappa shape index (κ3) is 5.23. The molecule has 0 amide bonds. The average Bonchev–Trinajstić information content (AvgIpc) is 2.59. The topological polar surface area (TPSA) is 18.5 Å². The summed E-state index contributed by atoms with van der Waals surface area (Å²) < 4.78 is 26.9. The van der Waals surface area contributed by atoms with Gasteiger partial charge in [-0.25, -0.2) is 8.78 Å². The van der Waals surface area contributed by atoms with Crippen molar-refractivity contribution in [1.82, 2.24) is 15.1 Å². The molecule has 2 rings (SSSR count). The van der Waals surface area contributed by atoms with Gasteiger partial charge in [0.05, 0.1) is 0 Å². The van der Waals surface area contributed by atoms with Gasteiger partial charge in [-0.1, -0.05) is 38.1 Å². The highest BCUT2D eigenvalue weighted by molar-refractivity contribution is 5.27. The van der Waals surface area contributed by atoms with Crippen LogP contribution in [0.25, 0.3) is 0 Å². The lowest BCUT2D eigenvalue weighted by atomic mass is 9.98. The second kappa shape index (κ2) is 8.88. The van der Waals surface area contributed by atoms with Crippen LogP contribution >= 0.6 is 0 Å². The van der Waals surface area contributed by atoms with Gasteiger partial charge in [0, 0.05) is 44.7 Å². The summed E-state index contributed by atoms with van der Waals surface area (Å²) in [5.74, 6) is -2.77. The van der Waals surface area contributed by atoms with Crippen LogP contribution < -0.4 is 5.32 Å². The first-order valence-electron chi connectivity index (χ1n) is 9.11. The Balaban J connectivity index is 2.14. The number of benzene rings is 1. The van der Waals surface area contributed by atoms with Crippen molar-refractivity contribution in [3.63, 3.8) is 0 Å². The maximum Gasteiger partial charge on any atom is 0.270 e. The standard InChI is InChI=1S/C19H31F2N3/c1-4-23(5-2)13-10-18(24-14-11-22-12-15-24)16-6-8-17(9-7-16)19(3,20)21/h6-9,18,22H,4-5,10-15H2,1-3H3. The van der Waals surface area contributed by atoms with Crippen molar-refractivity contribution >= 4 is 0 Å². The summed E-state index contributed by atoms with van der Waals surface area (Å²) in [4.78, 5) is 4.91. The van der Waals surface area contributed by atoms with E-state index >= 15 is 0 Å².